The van der Waals surface area contributed by atoms with E-state index in [0.29, 0.717) is 10.9 Å². The summed E-state index contributed by atoms with van der Waals surface area (Å²) in [6.45, 7) is 1.95. The van der Waals surface area contributed by atoms with Gasteiger partial charge in [-0.05, 0) is 36.6 Å². The van der Waals surface area contributed by atoms with E-state index >= 15 is 0 Å². The number of aromatic amines is 1. The van der Waals surface area contributed by atoms with Crippen LogP contribution < -0.4 is 5.56 Å². The average molecular weight is 234 g/mol. The van der Waals surface area contributed by atoms with E-state index in [1.165, 1.54) is 0 Å². The second-order valence-corrected chi connectivity index (χ2v) is 4.38. The number of aromatic nitrogens is 1. The first-order valence-corrected chi connectivity index (χ1v) is 5.65. The summed E-state index contributed by atoms with van der Waals surface area (Å²) in [5.74, 6) is 0. The maximum Gasteiger partial charge on any atom is 0.256 e. The van der Waals surface area contributed by atoms with Crippen molar-refractivity contribution in [3.05, 3.63) is 57.9 Å². The lowest BCUT2D eigenvalue weighted by Crippen LogP contribution is -2.06. The Labute approximate surface area is 103 Å². The van der Waals surface area contributed by atoms with E-state index in [1.807, 2.05) is 31.2 Å². The number of nitrogens with one attached hydrogen (secondary N) is 1. The molecule has 3 aromatic rings. The first-order chi connectivity index (χ1) is 8.69. The van der Waals surface area contributed by atoms with Crippen LogP contribution in [0.4, 0.5) is 0 Å². The Kier molecular flexibility index (Phi) is 2.17. The summed E-state index contributed by atoms with van der Waals surface area (Å²) in [5, 5.41) is 11.4. The molecule has 18 heavy (non-hydrogen) atoms. The molecule has 0 unspecified atom stereocenters. The summed E-state index contributed by atoms with van der Waals surface area (Å²) in [4.78, 5) is 14.8. The fraction of sp³-hybridized carbons (Fsp3) is 0.0667. The van der Waals surface area contributed by atoms with Crippen molar-refractivity contribution < 1.29 is 0 Å². The average Bonchev–Trinajstić information content (AvgIpc) is 2.39. The fourth-order valence-electron chi connectivity index (χ4n) is 2.22. The molecule has 0 spiro atoms. The van der Waals surface area contributed by atoms with E-state index in [4.69, 9.17) is 5.26 Å². The molecule has 0 aliphatic carbocycles. The van der Waals surface area contributed by atoms with Gasteiger partial charge in [-0.15, -0.1) is 0 Å². The van der Waals surface area contributed by atoms with Crippen molar-refractivity contribution in [3.63, 3.8) is 0 Å². The number of fused-ring (bicyclic) bond motifs is 3. The van der Waals surface area contributed by atoms with Crippen LogP contribution in [-0.2, 0) is 0 Å². The van der Waals surface area contributed by atoms with E-state index in [0.717, 1.165) is 21.9 Å². The minimum absolute atomic E-state index is 0.0918. The molecular weight excluding hydrogens is 224 g/mol. The van der Waals surface area contributed by atoms with Gasteiger partial charge in [-0.1, -0.05) is 17.7 Å². The minimum Gasteiger partial charge on any atom is -0.321 e. The molecule has 3 heteroatoms. The highest BCUT2D eigenvalue weighted by Crippen LogP contribution is 2.22. The van der Waals surface area contributed by atoms with E-state index < -0.39 is 0 Å². The Hall–Kier alpha value is -2.60. The first-order valence-electron chi connectivity index (χ1n) is 5.65. The fourth-order valence-corrected chi connectivity index (χ4v) is 2.22. The Balaban J connectivity index is 2.59. The summed E-state index contributed by atoms with van der Waals surface area (Å²) in [6.07, 6.45) is 0. The number of nitrogens with zero attached hydrogens (tertiary/aromatic N) is 1. The van der Waals surface area contributed by atoms with Gasteiger partial charge in [0.15, 0.2) is 0 Å². The lowest BCUT2D eigenvalue weighted by molar-refractivity contribution is 1.33. The van der Waals surface area contributed by atoms with Gasteiger partial charge < -0.3 is 4.98 Å². The molecule has 0 fully saturated rings. The first kappa shape index (κ1) is 10.5. The summed E-state index contributed by atoms with van der Waals surface area (Å²) in [5.41, 5.74) is 2.31. The van der Waals surface area contributed by atoms with E-state index in [-0.39, 0.29) is 5.56 Å². The molecule has 0 bridgehead atoms. The van der Waals surface area contributed by atoms with Gasteiger partial charge >= 0.3 is 0 Å². The molecule has 0 atom stereocenters. The molecule has 1 heterocycles. The molecule has 1 N–H and O–H groups in total. The molecule has 1 aromatic heterocycles. The van der Waals surface area contributed by atoms with Gasteiger partial charge in [0.05, 0.1) is 11.6 Å². The zero-order valence-corrected chi connectivity index (χ0v) is 9.82. The number of H-pyrrole nitrogens is 1. The quantitative estimate of drug-likeness (QED) is 0.608. The largest absolute Gasteiger partial charge is 0.321 e. The number of aryl methyl sites for hydroxylation is 1. The second kappa shape index (κ2) is 3.71. The summed E-state index contributed by atoms with van der Waals surface area (Å²) in [6, 6.07) is 13.2. The topological polar surface area (TPSA) is 56.6 Å². The second-order valence-electron chi connectivity index (χ2n) is 4.38. The highest BCUT2D eigenvalue weighted by atomic mass is 16.1. The van der Waals surface area contributed by atoms with Crippen molar-refractivity contribution in [3.8, 4) is 6.07 Å². The zero-order chi connectivity index (χ0) is 12.7. The van der Waals surface area contributed by atoms with Crippen LogP contribution in [0.1, 0.15) is 11.1 Å². The highest BCUT2D eigenvalue weighted by molar-refractivity contribution is 6.05. The monoisotopic (exact) mass is 234 g/mol. The van der Waals surface area contributed by atoms with Crippen LogP contribution >= 0.6 is 0 Å². The Bertz CT molecular complexity index is 869. The van der Waals surface area contributed by atoms with Crippen LogP contribution in [-0.4, -0.2) is 4.98 Å². The predicted octanol–water partition coefficient (Wildman–Crippen LogP) is 2.86. The van der Waals surface area contributed by atoms with Crippen LogP contribution in [0.25, 0.3) is 21.7 Å². The number of benzene rings is 2. The van der Waals surface area contributed by atoms with Crippen LogP contribution in [0.5, 0.6) is 0 Å². The maximum atomic E-state index is 12.0. The number of nitriles is 1. The summed E-state index contributed by atoms with van der Waals surface area (Å²) < 4.78 is 0. The zero-order valence-electron chi connectivity index (χ0n) is 9.82. The van der Waals surface area contributed by atoms with Crippen LogP contribution in [0, 0.1) is 18.3 Å². The summed E-state index contributed by atoms with van der Waals surface area (Å²) in [7, 11) is 0. The van der Waals surface area contributed by atoms with Gasteiger partial charge in [-0.2, -0.15) is 5.26 Å². The Morgan fingerprint density at radius 3 is 2.67 bits per heavy atom. The smallest absolute Gasteiger partial charge is 0.256 e. The van der Waals surface area contributed by atoms with Gasteiger partial charge in [0.25, 0.3) is 5.56 Å². The Morgan fingerprint density at radius 1 is 1.06 bits per heavy atom. The molecular formula is C15H10N2O. The van der Waals surface area contributed by atoms with Crippen molar-refractivity contribution in [1.29, 1.82) is 5.26 Å². The maximum absolute atomic E-state index is 12.0. The SMILES string of the molecule is Cc1ccc2c(c1)c(=O)[nH]c1ccc(C#N)cc12. The van der Waals surface area contributed by atoms with E-state index in [2.05, 4.69) is 11.1 Å². The lowest BCUT2D eigenvalue weighted by Gasteiger charge is -2.04. The molecule has 0 radical (unpaired) electrons. The highest BCUT2D eigenvalue weighted by Gasteiger charge is 2.05. The molecule has 0 aliphatic heterocycles. The van der Waals surface area contributed by atoms with E-state index in [1.54, 1.807) is 12.1 Å². The van der Waals surface area contributed by atoms with Crippen molar-refractivity contribution in [2.75, 3.05) is 0 Å². The van der Waals surface area contributed by atoms with Gasteiger partial charge in [-0.25, -0.2) is 0 Å². The van der Waals surface area contributed by atoms with Gasteiger partial charge in [-0.3, -0.25) is 4.79 Å². The van der Waals surface area contributed by atoms with Crippen molar-refractivity contribution in [1.82, 2.24) is 4.98 Å². The molecule has 0 saturated carbocycles. The van der Waals surface area contributed by atoms with Crippen LogP contribution in [0.3, 0.4) is 0 Å². The van der Waals surface area contributed by atoms with E-state index in [9.17, 15) is 4.79 Å². The standard InChI is InChI=1S/C15H10N2O/c1-9-2-4-11-12-7-10(8-16)3-5-14(12)17-15(18)13(11)6-9/h2-7H,1H3,(H,17,18). The van der Waals surface area contributed by atoms with Crippen molar-refractivity contribution in [2.45, 2.75) is 6.92 Å². The number of pyridine rings is 1. The Morgan fingerprint density at radius 2 is 1.89 bits per heavy atom. The number of hydrogen-bond donors (Lipinski definition) is 1. The number of rotatable bonds is 0. The third kappa shape index (κ3) is 1.47. The third-order valence-electron chi connectivity index (χ3n) is 3.11. The molecule has 86 valence electrons. The minimum atomic E-state index is -0.0918. The normalized spacial score (nSPS) is 10.7. The van der Waals surface area contributed by atoms with Crippen molar-refractivity contribution in [2.24, 2.45) is 0 Å². The van der Waals surface area contributed by atoms with Crippen LogP contribution in [0.15, 0.2) is 41.2 Å². The van der Waals surface area contributed by atoms with Gasteiger partial charge in [0.1, 0.15) is 0 Å². The lowest BCUT2D eigenvalue weighted by atomic mass is 10.0. The molecule has 0 saturated heterocycles. The molecule has 0 amide bonds. The van der Waals surface area contributed by atoms with Crippen LogP contribution in [0.2, 0.25) is 0 Å². The van der Waals surface area contributed by atoms with Crippen molar-refractivity contribution >= 4 is 21.7 Å². The summed E-state index contributed by atoms with van der Waals surface area (Å²) >= 11 is 0. The molecule has 3 nitrogen and oxygen atoms in total. The van der Waals surface area contributed by atoms with Gasteiger partial charge in [0, 0.05) is 16.3 Å². The molecule has 0 aliphatic rings. The number of hydrogen-bond acceptors (Lipinski definition) is 2. The predicted molar refractivity (Wildman–Crippen MR) is 71.5 cm³/mol. The molecule has 3 rings (SSSR count). The molecule has 2 aromatic carbocycles. The van der Waals surface area contributed by atoms with Gasteiger partial charge in [0.2, 0.25) is 0 Å². The third-order valence-corrected chi connectivity index (χ3v) is 3.11.